The smallest absolute Gasteiger partial charge is 0.252 e. The Morgan fingerprint density at radius 3 is 2.90 bits per heavy atom. The summed E-state index contributed by atoms with van der Waals surface area (Å²) in [7, 11) is 0. The van der Waals surface area contributed by atoms with Crippen LogP contribution in [-0.2, 0) is 0 Å². The predicted octanol–water partition coefficient (Wildman–Crippen LogP) is 3.71. The van der Waals surface area contributed by atoms with Crippen LogP contribution in [0.4, 0.5) is 0 Å². The Kier molecular flexibility index (Phi) is 6.29. The molecule has 0 saturated carbocycles. The first kappa shape index (κ1) is 16.1. The fraction of sp³-hybridized carbons (Fsp3) is 0.312. The second kappa shape index (κ2) is 8.22. The summed E-state index contributed by atoms with van der Waals surface area (Å²) in [4.78, 5) is 13.2. The highest BCUT2D eigenvalue weighted by Gasteiger charge is 2.12. The first-order valence-electron chi connectivity index (χ1n) is 6.92. The lowest BCUT2D eigenvalue weighted by Crippen LogP contribution is -2.26. The van der Waals surface area contributed by atoms with Gasteiger partial charge in [0.15, 0.2) is 0 Å². The van der Waals surface area contributed by atoms with E-state index in [0.29, 0.717) is 18.5 Å². The Hall–Kier alpha value is -1.30. The molecule has 0 fully saturated rings. The number of carbonyl (C=O) groups is 1. The van der Waals surface area contributed by atoms with Gasteiger partial charge < -0.3 is 10.4 Å². The maximum absolute atomic E-state index is 12.2. The van der Waals surface area contributed by atoms with Gasteiger partial charge in [-0.15, -0.1) is 11.8 Å². The van der Waals surface area contributed by atoms with E-state index in [0.717, 1.165) is 16.2 Å². The zero-order chi connectivity index (χ0) is 15.1. The molecule has 2 rings (SSSR count). The third-order valence-electron chi connectivity index (χ3n) is 3.06. The van der Waals surface area contributed by atoms with E-state index in [-0.39, 0.29) is 5.91 Å². The molecule has 0 aliphatic rings. The number of carbonyl (C=O) groups excluding carboxylic acids is 1. The number of aliphatic hydroxyl groups excluding tert-OH is 1. The van der Waals surface area contributed by atoms with E-state index >= 15 is 0 Å². The van der Waals surface area contributed by atoms with E-state index in [9.17, 15) is 9.90 Å². The van der Waals surface area contributed by atoms with Gasteiger partial charge in [-0.1, -0.05) is 19.1 Å². The molecule has 1 aromatic carbocycles. The summed E-state index contributed by atoms with van der Waals surface area (Å²) in [6.07, 6.45) is 0.00256. The van der Waals surface area contributed by atoms with Crippen molar-refractivity contribution in [2.75, 3.05) is 12.3 Å². The van der Waals surface area contributed by atoms with Crippen molar-refractivity contribution in [1.29, 1.82) is 0 Å². The Labute approximate surface area is 133 Å². The first-order valence-corrected chi connectivity index (χ1v) is 8.85. The van der Waals surface area contributed by atoms with Crippen LogP contribution in [0, 0.1) is 0 Å². The molecule has 0 aliphatic heterocycles. The molecular weight excluding hydrogens is 302 g/mol. The van der Waals surface area contributed by atoms with Gasteiger partial charge in [0.2, 0.25) is 0 Å². The van der Waals surface area contributed by atoms with E-state index in [4.69, 9.17) is 0 Å². The molecular formula is C16H19NO2S2. The molecule has 3 nitrogen and oxygen atoms in total. The normalized spacial score (nSPS) is 12.1. The van der Waals surface area contributed by atoms with Crippen LogP contribution in [0.25, 0.3) is 0 Å². The van der Waals surface area contributed by atoms with Crippen molar-refractivity contribution < 1.29 is 9.90 Å². The molecule has 21 heavy (non-hydrogen) atoms. The standard InChI is InChI=1S/C16H19NO2S2/c1-2-21-15-6-4-3-5-13(15)16(19)17-9-7-14(18)12-8-10-20-11-12/h3-6,8,10-11,14,18H,2,7,9H2,1H3,(H,17,19). The maximum atomic E-state index is 12.2. The third-order valence-corrected chi connectivity index (χ3v) is 4.72. The number of thiophene rings is 1. The maximum Gasteiger partial charge on any atom is 0.252 e. The highest BCUT2D eigenvalue weighted by Crippen LogP contribution is 2.22. The number of benzene rings is 1. The number of aliphatic hydroxyl groups is 1. The average molecular weight is 321 g/mol. The van der Waals surface area contributed by atoms with Crippen molar-refractivity contribution in [3.05, 3.63) is 52.2 Å². The van der Waals surface area contributed by atoms with Gasteiger partial charge in [-0.3, -0.25) is 4.79 Å². The first-order chi connectivity index (χ1) is 10.2. The molecule has 2 aromatic rings. The minimum Gasteiger partial charge on any atom is -0.388 e. The SMILES string of the molecule is CCSc1ccccc1C(=O)NCCC(O)c1ccsc1. The molecule has 112 valence electrons. The molecule has 1 atom stereocenters. The molecule has 1 unspecified atom stereocenters. The number of nitrogens with one attached hydrogen (secondary N) is 1. The van der Waals surface area contributed by atoms with Crippen LogP contribution in [-0.4, -0.2) is 23.3 Å². The second-order valence-electron chi connectivity index (χ2n) is 4.55. The van der Waals surface area contributed by atoms with Gasteiger partial charge in [0.25, 0.3) is 5.91 Å². The molecule has 5 heteroatoms. The van der Waals surface area contributed by atoms with Crippen LogP contribution >= 0.6 is 23.1 Å². The molecule has 0 spiro atoms. The van der Waals surface area contributed by atoms with E-state index in [1.54, 1.807) is 23.1 Å². The topological polar surface area (TPSA) is 49.3 Å². The quantitative estimate of drug-likeness (QED) is 0.764. The number of rotatable bonds is 7. The minimum absolute atomic E-state index is 0.0796. The predicted molar refractivity (Wildman–Crippen MR) is 89.1 cm³/mol. The van der Waals surface area contributed by atoms with E-state index in [1.165, 1.54) is 0 Å². The van der Waals surface area contributed by atoms with Crippen LogP contribution in [0.5, 0.6) is 0 Å². The number of hydrogen-bond acceptors (Lipinski definition) is 4. The Morgan fingerprint density at radius 1 is 1.38 bits per heavy atom. The molecule has 0 aliphatic carbocycles. The fourth-order valence-corrected chi connectivity index (χ4v) is 3.49. The van der Waals surface area contributed by atoms with Gasteiger partial charge in [-0.05, 0) is 46.7 Å². The zero-order valence-electron chi connectivity index (χ0n) is 11.9. The molecule has 1 heterocycles. The van der Waals surface area contributed by atoms with Crippen LogP contribution in [0.1, 0.15) is 35.4 Å². The summed E-state index contributed by atoms with van der Waals surface area (Å²) in [6.45, 7) is 2.53. The molecule has 0 saturated heterocycles. The highest BCUT2D eigenvalue weighted by atomic mass is 32.2. The van der Waals surface area contributed by atoms with Crippen LogP contribution in [0.2, 0.25) is 0 Å². The van der Waals surface area contributed by atoms with Gasteiger partial charge in [0.05, 0.1) is 11.7 Å². The Balaban J connectivity index is 1.87. The highest BCUT2D eigenvalue weighted by molar-refractivity contribution is 7.99. The third kappa shape index (κ3) is 4.59. The number of amides is 1. The lowest BCUT2D eigenvalue weighted by Gasteiger charge is -2.11. The van der Waals surface area contributed by atoms with Crippen molar-refractivity contribution in [3.8, 4) is 0 Å². The van der Waals surface area contributed by atoms with Gasteiger partial charge >= 0.3 is 0 Å². The zero-order valence-corrected chi connectivity index (χ0v) is 13.5. The molecule has 1 amide bonds. The summed E-state index contributed by atoms with van der Waals surface area (Å²) in [5, 5.41) is 16.7. The van der Waals surface area contributed by atoms with Crippen molar-refractivity contribution in [1.82, 2.24) is 5.32 Å². The number of hydrogen-bond donors (Lipinski definition) is 2. The van der Waals surface area contributed by atoms with Gasteiger partial charge in [-0.25, -0.2) is 0 Å². The van der Waals surface area contributed by atoms with E-state index in [1.807, 2.05) is 41.1 Å². The van der Waals surface area contributed by atoms with Crippen molar-refractivity contribution >= 4 is 29.0 Å². The summed E-state index contributed by atoms with van der Waals surface area (Å²) in [5.74, 6) is 0.852. The van der Waals surface area contributed by atoms with Gasteiger partial charge in [-0.2, -0.15) is 11.3 Å². The van der Waals surface area contributed by atoms with Gasteiger partial charge in [0, 0.05) is 11.4 Å². The summed E-state index contributed by atoms with van der Waals surface area (Å²) in [6, 6.07) is 9.51. The largest absolute Gasteiger partial charge is 0.388 e. The average Bonchev–Trinajstić information content (AvgIpc) is 3.02. The molecule has 1 aromatic heterocycles. The van der Waals surface area contributed by atoms with Crippen LogP contribution in [0.3, 0.4) is 0 Å². The van der Waals surface area contributed by atoms with Gasteiger partial charge in [0.1, 0.15) is 0 Å². The summed E-state index contributed by atoms with van der Waals surface area (Å²) >= 11 is 3.22. The molecule has 0 bridgehead atoms. The van der Waals surface area contributed by atoms with Crippen molar-refractivity contribution in [2.24, 2.45) is 0 Å². The van der Waals surface area contributed by atoms with Crippen molar-refractivity contribution in [3.63, 3.8) is 0 Å². The minimum atomic E-state index is -0.517. The van der Waals surface area contributed by atoms with Crippen LogP contribution < -0.4 is 5.32 Å². The Morgan fingerprint density at radius 2 is 2.19 bits per heavy atom. The fourth-order valence-electron chi connectivity index (χ4n) is 1.98. The Bertz CT molecular complexity index is 569. The summed E-state index contributed by atoms with van der Waals surface area (Å²) < 4.78 is 0. The number of thioether (sulfide) groups is 1. The molecule has 2 N–H and O–H groups in total. The van der Waals surface area contributed by atoms with Crippen LogP contribution in [0.15, 0.2) is 46.0 Å². The molecule has 0 radical (unpaired) electrons. The lowest BCUT2D eigenvalue weighted by molar-refractivity contribution is 0.0940. The van der Waals surface area contributed by atoms with E-state index in [2.05, 4.69) is 12.2 Å². The monoisotopic (exact) mass is 321 g/mol. The summed E-state index contributed by atoms with van der Waals surface area (Å²) in [5.41, 5.74) is 1.62. The lowest BCUT2D eigenvalue weighted by atomic mass is 10.1. The van der Waals surface area contributed by atoms with Crippen molar-refractivity contribution in [2.45, 2.75) is 24.3 Å². The van der Waals surface area contributed by atoms with E-state index < -0.39 is 6.10 Å². The second-order valence-corrected chi connectivity index (χ2v) is 6.63.